The SMILES string of the molecule is CC(C)C1=CC(C(C)C)[C@@H](C)c2oc3ccccc3c21. The molecule has 0 radical (unpaired) electrons. The first-order valence-corrected chi connectivity index (χ1v) is 7.74. The van der Waals surface area contributed by atoms with E-state index in [1.807, 2.05) is 0 Å². The van der Waals surface area contributed by atoms with E-state index in [-0.39, 0.29) is 0 Å². The van der Waals surface area contributed by atoms with E-state index in [1.165, 1.54) is 22.3 Å². The molecule has 0 spiro atoms. The van der Waals surface area contributed by atoms with Gasteiger partial charge >= 0.3 is 0 Å². The van der Waals surface area contributed by atoms with E-state index >= 15 is 0 Å². The third-order valence-corrected chi connectivity index (χ3v) is 4.67. The molecule has 0 aliphatic heterocycles. The zero-order valence-corrected chi connectivity index (χ0v) is 13.1. The van der Waals surface area contributed by atoms with E-state index in [1.54, 1.807) is 0 Å². The van der Waals surface area contributed by atoms with Crippen LogP contribution in [0, 0.1) is 17.8 Å². The lowest BCUT2D eigenvalue weighted by Crippen LogP contribution is -2.20. The molecule has 1 heteroatoms. The van der Waals surface area contributed by atoms with Crippen molar-refractivity contribution in [3.05, 3.63) is 41.7 Å². The highest BCUT2D eigenvalue weighted by molar-refractivity contribution is 5.94. The highest BCUT2D eigenvalue weighted by atomic mass is 16.3. The van der Waals surface area contributed by atoms with Crippen molar-refractivity contribution in [2.75, 3.05) is 0 Å². The maximum atomic E-state index is 6.22. The van der Waals surface area contributed by atoms with E-state index in [9.17, 15) is 0 Å². The number of furan rings is 1. The van der Waals surface area contributed by atoms with Crippen LogP contribution < -0.4 is 0 Å². The van der Waals surface area contributed by atoms with Crippen molar-refractivity contribution >= 4 is 16.5 Å². The van der Waals surface area contributed by atoms with Gasteiger partial charge in [-0.05, 0) is 29.4 Å². The van der Waals surface area contributed by atoms with Crippen molar-refractivity contribution in [2.24, 2.45) is 17.8 Å². The number of para-hydroxylation sites is 1. The van der Waals surface area contributed by atoms with Crippen molar-refractivity contribution in [3.8, 4) is 0 Å². The number of rotatable bonds is 2. The minimum Gasteiger partial charge on any atom is -0.460 e. The highest BCUT2D eigenvalue weighted by Crippen LogP contribution is 2.47. The first-order valence-electron chi connectivity index (χ1n) is 7.74. The molecule has 106 valence electrons. The van der Waals surface area contributed by atoms with Gasteiger partial charge in [0, 0.05) is 16.9 Å². The molecule has 0 N–H and O–H groups in total. The summed E-state index contributed by atoms with van der Waals surface area (Å²) < 4.78 is 6.22. The first-order chi connectivity index (χ1) is 9.50. The van der Waals surface area contributed by atoms with Crippen LogP contribution in [0.4, 0.5) is 0 Å². The lowest BCUT2D eigenvalue weighted by atomic mass is 9.73. The summed E-state index contributed by atoms with van der Waals surface area (Å²) in [5.41, 5.74) is 3.85. The summed E-state index contributed by atoms with van der Waals surface area (Å²) in [6.07, 6.45) is 2.50. The van der Waals surface area contributed by atoms with Gasteiger partial charge in [0.25, 0.3) is 0 Å². The Morgan fingerprint density at radius 1 is 1.05 bits per heavy atom. The van der Waals surface area contributed by atoms with Gasteiger partial charge < -0.3 is 4.42 Å². The average Bonchev–Trinajstić information content (AvgIpc) is 2.78. The van der Waals surface area contributed by atoms with Gasteiger partial charge in [-0.15, -0.1) is 0 Å². The molecule has 0 saturated heterocycles. The predicted octanol–water partition coefficient (Wildman–Crippen LogP) is 5.86. The molecule has 1 aromatic heterocycles. The lowest BCUT2D eigenvalue weighted by Gasteiger charge is -2.31. The summed E-state index contributed by atoms with van der Waals surface area (Å²) in [5.74, 6) is 3.39. The molecule has 1 nitrogen and oxygen atoms in total. The molecule has 2 aromatic rings. The average molecular weight is 268 g/mol. The number of hydrogen-bond acceptors (Lipinski definition) is 1. The molecular weight excluding hydrogens is 244 g/mol. The second-order valence-corrected chi connectivity index (χ2v) is 6.72. The van der Waals surface area contributed by atoms with Crippen LogP contribution in [-0.2, 0) is 0 Å². The minimum atomic E-state index is 0.458. The lowest BCUT2D eigenvalue weighted by molar-refractivity contribution is 0.355. The Hall–Kier alpha value is -1.50. The number of benzene rings is 1. The fraction of sp³-hybridized carbons (Fsp3) is 0.474. The van der Waals surface area contributed by atoms with E-state index in [2.05, 4.69) is 65.0 Å². The summed E-state index contributed by atoms with van der Waals surface area (Å²) >= 11 is 0. The Labute approximate surface area is 121 Å². The third kappa shape index (κ3) is 1.91. The summed E-state index contributed by atoms with van der Waals surface area (Å²) in [5, 5.41) is 1.27. The molecule has 1 unspecified atom stereocenters. The third-order valence-electron chi connectivity index (χ3n) is 4.67. The number of fused-ring (bicyclic) bond motifs is 3. The topological polar surface area (TPSA) is 13.1 Å². The molecule has 2 atom stereocenters. The van der Waals surface area contributed by atoms with Crippen molar-refractivity contribution < 1.29 is 4.42 Å². The van der Waals surface area contributed by atoms with Gasteiger partial charge in [0.1, 0.15) is 11.3 Å². The summed E-state index contributed by atoms with van der Waals surface area (Å²) in [6, 6.07) is 8.44. The van der Waals surface area contributed by atoms with Crippen molar-refractivity contribution in [3.63, 3.8) is 0 Å². The number of hydrogen-bond donors (Lipinski definition) is 0. The van der Waals surface area contributed by atoms with E-state index in [0.29, 0.717) is 23.7 Å². The van der Waals surface area contributed by atoms with Crippen LogP contribution >= 0.6 is 0 Å². The Balaban J connectivity index is 2.28. The smallest absolute Gasteiger partial charge is 0.134 e. The molecule has 3 rings (SSSR count). The molecule has 1 aliphatic carbocycles. The molecule has 0 fully saturated rings. The normalized spacial score (nSPS) is 22.4. The number of allylic oxidation sites excluding steroid dienone is 2. The summed E-state index contributed by atoms with van der Waals surface area (Å²) in [7, 11) is 0. The second-order valence-electron chi connectivity index (χ2n) is 6.72. The molecular formula is C19H24O. The van der Waals surface area contributed by atoms with Crippen LogP contribution in [-0.4, -0.2) is 0 Å². The quantitative estimate of drug-likeness (QED) is 0.664. The van der Waals surface area contributed by atoms with Gasteiger partial charge in [0.05, 0.1) is 0 Å². The van der Waals surface area contributed by atoms with Crippen LogP contribution in [0.15, 0.2) is 34.8 Å². The fourth-order valence-corrected chi connectivity index (χ4v) is 3.54. The Kier molecular flexibility index (Phi) is 3.24. The monoisotopic (exact) mass is 268 g/mol. The van der Waals surface area contributed by atoms with E-state index < -0.39 is 0 Å². The van der Waals surface area contributed by atoms with Gasteiger partial charge in [-0.2, -0.15) is 0 Å². The first kappa shape index (κ1) is 13.5. The van der Waals surface area contributed by atoms with Crippen LogP contribution in [0.3, 0.4) is 0 Å². The molecule has 0 amide bonds. The van der Waals surface area contributed by atoms with Gasteiger partial charge in [-0.3, -0.25) is 0 Å². The summed E-state index contributed by atoms with van der Waals surface area (Å²) in [6.45, 7) is 11.5. The molecule has 1 aliphatic rings. The highest BCUT2D eigenvalue weighted by Gasteiger charge is 2.33. The Bertz CT molecular complexity index is 657. The molecule has 20 heavy (non-hydrogen) atoms. The van der Waals surface area contributed by atoms with Gasteiger partial charge in [0.15, 0.2) is 0 Å². The Morgan fingerprint density at radius 2 is 1.75 bits per heavy atom. The van der Waals surface area contributed by atoms with Crippen molar-refractivity contribution in [1.29, 1.82) is 0 Å². The molecule has 0 saturated carbocycles. The maximum absolute atomic E-state index is 6.22. The van der Waals surface area contributed by atoms with Crippen LogP contribution in [0.25, 0.3) is 16.5 Å². The van der Waals surface area contributed by atoms with E-state index in [0.717, 1.165) is 5.58 Å². The fourth-order valence-electron chi connectivity index (χ4n) is 3.54. The molecule has 1 heterocycles. The van der Waals surface area contributed by atoms with E-state index in [4.69, 9.17) is 4.42 Å². The summed E-state index contributed by atoms with van der Waals surface area (Å²) in [4.78, 5) is 0. The van der Waals surface area contributed by atoms with Gasteiger partial charge in [-0.25, -0.2) is 0 Å². The van der Waals surface area contributed by atoms with Gasteiger partial charge in [0.2, 0.25) is 0 Å². The molecule has 1 aromatic carbocycles. The molecule has 0 bridgehead atoms. The van der Waals surface area contributed by atoms with Crippen LogP contribution in [0.5, 0.6) is 0 Å². The minimum absolute atomic E-state index is 0.458. The zero-order chi connectivity index (χ0) is 14.4. The van der Waals surface area contributed by atoms with Crippen LogP contribution in [0.1, 0.15) is 51.9 Å². The zero-order valence-electron chi connectivity index (χ0n) is 13.1. The van der Waals surface area contributed by atoms with Crippen LogP contribution in [0.2, 0.25) is 0 Å². The van der Waals surface area contributed by atoms with Crippen molar-refractivity contribution in [1.82, 2.24) is 0 Å². The largest absolute Gasteiger partial charge is 0.460 e. The Morgan fingerprint density at radius 3 is 2.40 bits per heavy atom. The predicted molar refractivity (Wildman–Crippen MR) is 85.8 cm³/mol. The van der Waals surface area contributed by atoms with Gasteiger partial charge in [-0.1, -0.05) is 58.9 Å². The maximum Gasteiger partial charge on any atom is 0.134 e. The standard InChI is InChI=1S/C19H24O/c1-11(2)15-10-16(12(3)4)18-14-8-6-7-9-17(14)20-19(18)13(15)5/h6-13,15H,1-5H3/t13-,15?/m1/s1. The second kappa shape index (κ2) is 4.80. The van der Waals surface area contributed by atoms with Crippen molar-refractivity contribution in [2.45, 2.75) is 40.5 Å².